The fourth-order valence-corrected chi connectivity index (χ4v) is 3.06. The van der Waals surface area contributed by atoms with Gasteiger partial charge in [-0.05, 0) is 17.7 Å². The van der Waals surface area contributed by atoms with Gasteiger partial charge in [-0.2, -0.15) is 13.2 Å². The van der Waals surface area contributed by atoms with Crippen LogP contribution in [-0.4, -0.2) is 4.98 Å². The summed E-state index contributed by atoms with van der Waals surface area (Å²) < 4.78 is 38.2. The Balaban J connectivity index is 2.34. The van der Waals surface area contributed by atoms with E-state index in [1.165, 1.54) is 0 Å². The van der Waals surface area contributed by atoms with Gasteiger partial charge in [0.15, 0.2) is 5.01 Å². The molecular formula is C11H7BrClF3N2S. The van der Waals surface area contributed by atoms with Crippen molar-refractivity contribution in [1.29, 1.82) is 0 Å². The molecule has 2 aromatic rings. The number of rotatable bonds is 2. The third kappa shape index (κ3) is 3.28. The van der Waals surface area contributed by atoms with Crippen LogP contribution in [0.3, 0.4) is 0 Å². The Hall–Kier alpha value is -0.630. The van der Waals surface area contributed by atoms with Crippen LogP contribution in [-0.2, 0) is 6.18 Å². The molecule has 0 amide bonds. The van der Waals surface area contributed by atoms with Gasteiger partial charge in [-0.15, -0.1) is 11.3 Å². The normalized spacial score (nSPS) is 13.6. The molecule has 8 heteroatoms. The molecule has 1 aromatic heterocycles. The van der Waals surface area contributed by atoms with Crippen LogP contribution in [0.4, 0.5) is 13.2 Å². The molecule has 0 bridgehead atoms. The Bertz CT molecular complexity index is 600. The summed E-state index contributed by atoms with van der Waals surface area (Å²) in [6.45, 7) is 0. The molecule has 2 rings (SSSR count). The first-order chi connectivity index (χ1) is 8.79. The first-order valence-corrected chi connectivity index (χ1v) is 7.01. The van der Waals surface area contributed by atoms with Gasteiger partial charge >= 0.3 is 6.18 Å². The van der Waals surface area contributed by atoms with Crippen molar-refractivity contribution in [3.63, 3.8) is 0 Å². The number of hydrogen-bond donors (Lipinski definition) is 1. The topological polar surface area (TPSA) is 38.9 Å². The summed E-state index contributed by atoms with van der Waals surface area (Å²) in [5.74, 6) is 0. The molecule has 19 heavy (non-hydrogen) atoms. The quantitative estimate of drug-likeness (QED) is 0.836. The molecule has 2 nitrogen and oxygen atoms in total. The molecule has 0 aliphatic rings. The van der Waals surface area contributed by atoms with Crippen molar-refractivity contribution in [2.24, 2.45) is 5.73 Å². The van der Waals surface area contributed by atoms with E-state index in [1.54, 1.807) is 18.2 Å². The number of alkyl halides is 3. The van der Waals surface area contributed by atoms with Crippen molar-refractivity contribution in [3.05, 3.63) is 49.3 Å². The molecule has 1 aromatic carbocycles. The van der Waals surface area contributed by atoms with Gasteiger partial charge in [0.2, 0.25) is 0 Å². The third-order valence-corrected chi connectivity index (χ3v) is 4.32. The maximum absolute atomic E-state index is 12.5. The highest BCUT2D eigenvalue weighted by Crippen LogP contribution is 2.36. The maximum atomic E-state index is 12.5. The lowest BCUT2D eigenvalue weighted by Crippen LogP contribution is -2.10. The molecule has 0 aliphatic heterocycles. The minimum atomic E-state index is -4.45. The van der Waals surface area contributed by atoms with Gasteiger partial charge in [0.05, 0.1) is 6.04 Å². The summed E-state index contributed by atoms with van der Waals surface area (Å²) in [5.41, 5.74) is 6.48. The Kier molecular flexibility index (Phi) is 4.20. The second-order valence-corrected chi connectivity index (χ2v) is 6.09. The van der Waals surface area contributed by atoms with Crippen molar-refractivity contribution in [1.82, 2.24) is 4.98 Å². The summed E-state index contributed by atoms with van der Waals surface area (Å²) in [5, 5.41) is -0.519. The summed E-state index contributed by atoms with van der Waals surface area (Å²) in [4.78, 5) is 3.66. The molecule has 0 aliphatic carbocycles. The molecule has 2 N–H and O–H groups in total. The Morgan fingerprint density at radius 1 is 1.37 bits per heavy atom. The van der Waals surface area contributed by atoms with Crippen molar-refractivity contribution >= 4 is 38.9 Å². The van der Waals surface area contributed by atoms with Gasteiger partial charge in [-0.1, -0.05) is 33.6 Å². The SMILES string of the molecule is NC(c1cnc(C(F)(F)F)s1)c1ccc(Br)cc1Cl. The summed E-state index contributed by atoms with van der Waals surface area (Å²) in [6.07, 6.45) is -3.32. The summed E-state index contributed by atoms with van der Waals surface area (Å²) >= 11 is 9.80. The maximum Gasteiger partial charge on any atom is 0.443 e. The molecule has 0 spiro atoms. The minimum Gasteiger partial charge on any atom is -0.320 e. The van der Waals surface area contributed by atoms with E-state index in [-0.39, 0.29) is 0 Å². The Labute approximate surface area is 124 Å². The van der Waals surface area contributed by atoms with Crippen LogP contribution >= 0.6 is 38.9 Å². The fraction of sp³-hybridized carbons (Fsp3) is 0.182. The van der Waals surface area contributed by atoms with Gasteiger partial charge in [0.25, 0.3) is 0 Å². The van der Waals surface area contributed by atoms with Crippen molar-refractivity contribution < 1.29 is 13.2 Å². The van der Waals surface area contributed by atoms with E-state index in [1.807, 2.05) is 0 Å². The molecule has 102 valence electrons. The number of hydrogen-bond acceptors (Lipinski definition) is 3. The third-order valence-electron chi connectivity index (χ3n) is 2.37. The van der Waals surface area contributed by atoms with E-state index in [0.29, 0.717) is 26.8 Å². The molecule has 0 radical (unpaired) electrons. The molecule has 0 fully saturated rings. The lowest BCUT2D eigenvalue weighted by atomic mass is 10.1. The number of aromatic nitrogens is 1. The van der Waals surface area contributed by atoms with Crippen LogP contribution in [0.15, 0.2) is 28.9 Å². The van der Waals surface area contributed by atoms with Crippen LogP contribution in [0.1, 0.15) is 21.5 Å². The summed E-state index contributed by atoms with van der Waals surface area (Å²) in [6, 6.07) is 4.31. The zero-order valence-corrected chi connectivity index (χ0v) is 12.4. The van der Waals surface area contributed by atoms with Gasteiger partial charge in [0, 0.05) is 20.6 Å². The van der Waals surface area contributed by atoms with Crippen LogP contribution in [0, 0.1) is 0 Å². The Morgan fingerprint density at radius 3 is 2.58 bits per heavy atom. The second kappa shape index (κ2) is 5.40. The lowest BCUT2D eigenvalue weighted by Gasteiger charge is -2.11. The molecule has 0 saturated heterocycles. The Morgan fingerprint density at radius 2 is 2.05 bits per heavy atom. The largest absolute Gasteiger partial charge is 0.443 e. The lowest BCUT2D eigenvalue weighted by molar-refractivity contribution is -0.137. The zero-order chi connectivity index (χ0) is 14.2. The van der Waals surface area contributed by atoms with Gasteiger partial charge in [0.1, 0.15) is 0 Å². The first-order valence-electron chi connectivity index (χ1n) is 5.02. The van der Waals surface area contributed by atoms with Crippen LogP contribution < -0.4 is 5.73 Å². The van der Waals surface area contributed by atoms with Crippen molar-refractivity contribution in [2.75, 3.05) is 0 Å². The predicted octanol–water partition coefficient (Wildman–Crippen LogP) is 4.63. The van der Waals surface area contributed by atoms with Gasteiger partial charge < -0.3 is 5.73 Å². The van der Waals surface area contributed by atoms with E-state index >= 15 is 0 Å². The van der Waals surface area contributed by atoms with Crippen LogP contribution in [0.25, 0.3) is 0 Å². The first kappa shape index (κ1) is 14.8. The van der Waals surface area contributed by atoms with E-state index in [9.17, 15) is 13.2 Å². The van der Waals surface area contributed by atoms with E-state index in [0.717, 1.165) is 10.7 Å². The highest BCUT2D eigenvalue weighted by atomic mass is 79.9. The number of halogens is 5. The molecular weight excluding hydrogens is 365 g/mol. The highest BCUT2D eigenvalue weighted by molar-refractivity contribution is 9.10. The average molecular weight is 372 g/mol. The van der Waals surface area contributed by atoms with E-state index in [2.05, 4.69) is 20.9 Å². The zero-order valence-electron chi connectivity index (χ0n) is 9.21. The minimum absolute atomic E-state index is 0.316. The van der Waals surface area contributed by atoms with Gasteiger partial charge in [-0.3, -0.25) is 0 Å². The highest BCUT2D eigenvalue weighted by Gasteiger charge is 2.35. The smallest absolute Gasteiger partial charge is 0.320 e. The van der Waals surface area contributed by atoms with Gasteiger partial charge in [-0.25, -0.2) is 4.98 Å². The van der Waals surface area contributed by atoms with Crippen molar-refractivity contribution in [2.45, 2.75) is 12.2 Å². The second-order valence-electron chi connectivity index (χ2n) is 3.71. The monoisotopic (exact) mass is 370 g/mol. The standard InChI is InChI=1S/C11H7BrClF3N2S/c12-5-1-2-6(7(13)3-5)9(17)8-4-18-10(19-8)11(14,15)16/h1-4,9H,17H2. The average Bonchev–Trinajstić information content (AvgIpc) is 2.76. The number of thiazole rings is 1. The molecule has 1 unspecified atom stereocenters. The molecule has 0 saturated carbocycles. The van der Waals surface area contributed by atoms with Crippen LogP contribution in [0.5, 0.6) is 0 Å². The fourth-order valence-electron chi connectivity index (χ4n) is 1.47. The number of nitrogens with zero attached hydrogens (tertiary/aromatic N) is 1. The van der Waals surface area contributed by atoms with E-state index in [4.69, 9.17) is 17.3 Å². The molecule has 1 heterocycles. The predicted molar refractivity (Wildman–Crippen MR) is 72.3 cm³/mol. The summed E-state index contributed by atoms with van der Waals surface area (Å²) in [7, 11) is 0. The van der Waals surface area contributed by atoms with E-state index < -0.39 is 17.2 Å². The van der Waals surface area contributed by atoms with Crippen molar-refractivity contribution in [3.8, 4) is 0 Å². The van der Waals surface area contributed by atoms with Crippen LogP contribution in [0.2, 0.25) is 5.02 Å². The number of benzene rings is 1. The molecule has 1 atom stereocenters. The number of nitrogens with two attached hydrogens (primary N) is 1.